The van der Waals surface area contributed by atoms with E-state index in [0.717, 1.165) is 27.5 Å². The standard InChI is InChI=1S/C35H21N3S/c1-2-11-23(12-3-1)33-36-34(27-17-8-15-22-10-6-7-16-26(22)27)38-35(37-33)28-18-9-19-30-32(28)29-20-24-13-4-5-14-25(24)21-31(29)39-30/h1-21H. The molecule has 0 aliphatic rings. The largest absolute Gasteiger partial charge is 0.208 e. The third-order valence-electron chi connectivity index (χ3n) is 7.30. The monoisotopic (exact) mass is 515 g/mol. The molecular formula is C35H21N3S. The van der Waals surface area contributed by atoms with Crippen LogP contribution in [0.15, 0.2) is 127 Å². The summed E-state index contributed by atoms with van der Waals surface area (Å²) >= 11 is 1.82. The van der Waals surface area contributed by atoms with Crippen molar-refractivity contribution in [1.29, 1.82) is 0 Å². The van der Waals surface area contributed by atoms with Gasteiger partial charge in [-0.1, -0.05) is 109 Å². The highest BCUT2D eigenvalue weighted by Crippen LogP contribution is 2.41. The molecule has 0 N–H and O–H groups in total. The van der Waals surface area contributed by atoms with Gasteiger partial charge in [-0.25, -0.2) is 15.0 Å². The van der Waals surface area contributed by atoms with Crippen LogP contribution in [-0.2, 0) is 0 Å². The SMILES string of the molecule is c1ccc(-c2nc(-c3cccc4ccccc34)nc(-c3cccc4sc5cc6ccccc6cc5c34)n2)cc1. The number of hydrogen-bond donors (Lipinski definition) is 0. The van der Waals surface area contributed by atoms with Crippen molar-refractivity contribution in [2.75, 3.05) is 0 Å². The molecule has 2 aromatic heterocycles. The second kappa shape index (κ2) is 8.83. The van der Waals surface area contributed by atoms with Gasteiger partial charge in [0.2, 0.25) is 0 Å². The summed E-state index contributed by atoms with van der Waals surface area (Å²) in [6.07, 6.45) is 0. The van der Waals surface area contributed by atoms with Gasteiger partial charge in [0.1, 0.15) is 0 Å². The molecule has 4 heteroatoms. The number of rotatable bonds is 3. The van der Waals surface area contributed by atoms with Crippen molar-refractivity contribution in [2.45, 2.75) is 0 Å². The van der Waals surface area contributed by atoms with Crippen LogP contribution in [0, 0.1) is 0 Å². The smallest absolute Gasteiger partial charge is 0.164 e. The molecule has 0 unspecified atom stereocenters. The highest BCUT2D eigenvalue weighted by molar-refractivity contribution is 7.26. The number of fused-ring (bicyclic) bond motifs is 5. The lowest BCUT2D eigenvalue weighted by molar-refractivity contribution is 1.08. The summed E-state index contributed by atoms with van der Waals surface area (Å²) in [5.74, 6) is 2.04. The topological polar surface area (TPSA) is 38.7 Å². The Kier molecular flexibility index (Phi) is 5.00. The Hall–Kier alpha value is -4.93. The summed E-state index contributed by atoms with van der Waals surface area (Å²) in [5, 5.41) is 7.20. The van der Waals surface area contributed by atoms with Gasteiger partial charge in [-0.2, -0.15) is 0 Å². The lowest BCUT2D eigenvalue weighted by Crippen LogP contribution is -2.00. The number of benzene rings is 6. The molecule has 39 heavy (non-hydrogen) atoms. The van der Waals surface area contributed by atoms with Gasteiger partial charge in [-0.3, -0.25) is 0 Å². The maximum atomic E-state index is 5.13. The maximum absolute atomic E-state index is 5.13. The Morgan fingerprint density at radius 2 is 1.03 bits per heavy atom. The normalized spacial score (nSPS) is 11.6. The van der Waals surface area contributed by atoms with Crippen molar-refractivity contribution in [2.24, 2.45) is 0 Å². The maximum Gasteiger partial charge on any atom is 0.164 e. The van der Waals surface area contributed by atoms with E-state index < -0.39 is 0 Å². The molecule has 0 radical (unpaired) electrons. The van der Waals surface area contributed by atoms with Gasteiger partial charge in [-0.15, -0.1) is 11.3 Å². The van der Waals surface area contributed by atoms with Crippen LogP contribution in [0.2, 0.25) is 0 Å². The van der Waals surface area contributed by atoms with E-state index in [1.807, 2.05) is 29.5 Å². The zero-order chi connectivity index (χ0) is 25.8. The van der Waals surface area contributed by atoms with E-state index in [9.17, 15) is 0 Å². The lowest BCUT2D eigenvalue weighted by Gasteiger charge is -2.11. The first-order chi connectivity index (χ1) is 19.3. The van der Waals surface area contributed by atoms with E-state index in [2.05, 4.69) is 109 Å². The molecule has 0 amide bonds. The summed E-state index contributed by atoms with van der Waals surface area (Å²) in [6, 6.07) is 44.4. The summed E-state index contributed by atoms with van der Waals surface area (Å²) in [4.78, 5) is 15.2. The van der Waals surface area contributed by atoms with Crippen molar-refractivity contribution < 1.29 is 0 Å². The number of aromatic nitrogens is 3. The van der Waals surface area contributed by atoms with Crippen molar-refractivity contribution in [1.82, 2.24) is 15.0 Å². The van der Waals surface area contributed by atoms with Gasteiger partial charge in [0.05, 0.1) is 0 Å². The summed E-state index contributed by atoms with van der Waals surface area (Å²) in [7, 11) is 0. The van der Waals surface area contributed by atoms with E-state index in [0.29, 0.717) is 17.5 Å². The Labute approximate surface area is 229 Å². The predicted molar refractivity (Wildman–Crippen MR) is 164 cm³/mol. The molecule has 8 aromatic rings. The van der Waals surface area contributed by atoms with Gasteiger partial charge < -0.3 is 0 Å². The Balaban J connectivity index is 1.44. The minimum absolute atomic E-state index is 0.672. The number of hydrogen-bond acceptors (Lipinski definition) is 4. The Bertz CT molecular complexity index is 2180. The Morgan fingerprint density at radius 3 is 1.87 bits per heavy atom. The zero-order valence-electron chi connectivity index (χ0n) is 20.9. The molecule has 2 heterocycles. The second-order valence-electron chi connectivity index (χ2n) is 9.68. The first-order valence-corrected chi connectivity index (χ1v) is 13.8. The zero-order valence-corrected chi connectivity index (χ0v) is 21.7. The molecule has 0 saturated heterocycles. The summed E-state index contributed by atoms with van der Waals surface area (Å²) in [5.41, 5.74) is 2.99. The first-order valence-electron chi connectivity index (χ1n) is 13.0. The molecule has 8 rings (SSSR count). The number of thiophene rings is 1. The van der Waals surface area contributed by atoms with Gasteiger partial charge >= 0.3 is 0 Å². The fourth-order valence-electron chi connectivity index (χ4n) is 5.45. The van der Waals surface area contributed by atoms with Crippen molar-refractivity contribution in [3.05, 3.63) is 127 Å². The second-order valence-corrected chi connectivity index (χ2v) is 10.8. The van der Waals surface area contributed by atoms with Crippen LogP contribution >= 0.6 is 11.3 Å². The third-order valence-corrected chi connectivity index (χ3v) is 8.42. The van der Waals surface area contributed by atoms with Crippen LogP contribution in [0.4, 0.5) is 0 Å². The molecule has 0 fully saturated rings. The molecule has 0 saturated carbocycles. The van der Waals surface area contributed by atoms with E-state index >= 15 is 0 Å². The van der Waals surface area contributed by atoms with Crippen LogP contribution in [0.3, 0.4) is 0 Å². The molecule has 182 valence electrons. The third kappa shape index (κ3) is 3.69. The lowest BCUT2D eigenvalue weighted by atomic mass is 10.0. The molecule has 6 aromatic carbocycles. The van der Waals surface area contributed by atoms with Gasteiger partial charge in [-0.05, 0) is 39.7 Å². The van der Waals surface area contributed by atoms with E-state index in [4.69, 9.17) is 15.0 Å². The average Bonchev–Trinajstić information content (AvgIpc) is 3.37. The Morgan fingerprint density at radius 1 is 0.410 bits per heavy atom. The van der Waals surface area contributed by atoms with Crippen molar-refractivity contribution in [3.8, 4) is 34.2 Å². The van der Waals surface area contributed by atoms with Crippen LogP contribution in [0.5, 0.6) is 0 Å². The van der Waals surface area contributed by atoms with E-state index in [1.54, 1.807) is 0 Å². The van der Waals surface area contributed by atoms with E-state index in [1.165, 1.54) is 30.9 Å². The van der Waals surface area contributed by atoms with Crippen molar-refractivity contribution in [3.63, 3.8) is 0 Å². The van der Waals surface area contributed by atoms with Gasteiger partial charge in [0.25, 0.3) is 0 Å². The summed E-state index contributed by atoms with van der Waals surface area (Å²) < 4.78 is 2.49. The van der Waals surface area contributed by atoms with Crippen LogP contribution in [0.25, 0.3) is 75.9 Å². The number of nitrogens with zero attached hydrogens (tertiary/aromatic N) is 3. The van der Waals surface area contributed by atoms with E-state index in [-0.39, 0.29) is 0 Å². The highest BCUT2D eigenvalue weighted by atomic mass is 32.1. The van der Waals surface area contributed by atoms with Gasteiger partial charge in [0.15, 0.2) is 17.5 Å². The van der Waals surface area contributed by atoms with Crippen LogP contribution in [0.1, 0.15) is 0 Å². The molecule has 0 aliphatic carbocycles. The molecule has 0 aliphatic heterocycles. The molecule has 3 nitrogen and oxygen atoms in total. The molecule has 0 bridgehead atoms. The molecule has 0 spiro atoms. The van der Waals surface area contributed by atoms with Crippen molar-refractivity contribution >= 4 is 53.1 Å². The summed E-state index contributed by atoms with van der Waals surface area (Å²) in [6.45, 7) is 0. The van der Waals surface area contributed by atoms with Gasteiger partial charge in [0, 0.05) is 36.9 Å². The quantitative estimate of drug-likeness (QED) is 0.235. The van der Waals surface area contributed by atoms with Crippen LogP contribution in [-0.4, -0.2) is 15.0 Å². The van der Waals surface area contributed by atoms with Crippen LogP contribution < -0.4 is 0 Å². The highest BCUT2D eigenvalue weighted by Gasteiger charge is 2.18. The fourth-order valence-corrected chi connectivity index (χ4v) is 6.61. The molecule has 0 atom stereocenters. The first kappa shape index (κ1) is 22.1. The molecular weight excluding hydrogens is 494 g/mol. The minimum Gasteiger partial charge on any atom is -0.208 e. The minimum atomic E-state index is 0.672. The fraction of sp³-hybridized carbons (Fsp3) is 0. The average molecular weight is 516 g/mol. The predicted octanol–water partition coefficient (Wildman–Crippen LogP) is 9.55.